The van der Waals surface area contributed by atoms with E-state index in [2.05, 4.69) is 16.0 Å². The molecular formula is C23H29N5O5. The van der Waals surface area contributed by atoms with E-state index in [9.17, 15) is 24.4 Å². The number of hydrogen-bond donors (Lipinski definition) is 3. The van der Waals surface area contributed by atoms with Gasteiger partial charge in [-0.3, -0.25) is 19.3 Å². The molecule has 2 fully saturated rings. The average molecular weight is 456 g/mol. The second-order valence-corrected chi connectivity index (χ2v) is 8.22. The van der Waals surface area contributed by atoms with Crippen molar-refractivity contribution in [1.29, 1.82) is 5.26 Å². The number of ether oxygens (including phenoxy) is 1. The minimum absolute atomic E-state index is 0.107. The van der Waals surface area contributed by atoms with E-state index in [0.717, 1.165) is 12.0 Å². The summed E-state index contributed by atoms with van der Waals surface area (Å²) < 4.78 is 5.33. The molecule has 3 atom stereocenters. The molecular weight excluding hydrogens is 426 g/mol. The van der Waals surface area contributed by atoms with Crippen LogP contribution in [-0.4, -0.2) is 60.4 Å². The first-order chi connectivity index (χ1) is 16.0. The molecule has 0 aliphatic carbocycles. The van der Waals surface area contributed by atoms with Crippen LogP contribution in [0, 0.1) is 17.2 Å². The summed E-state index contributed by atoms with van der Waals surface area (Å²) in [5.41, 5.74) is 0.848. The fourth-order valence-corrected chi connectivity index (χ4v) is 4.08. The number of nitriles is 1. The summed E-state index contributed by atoms with van der Waals surface area (Å²) in [6, 6.07) is 9.72. The zero-order valence-electron chi connectivity index (χ0n) is 18.4. The summed E-state index contributed by atoms with van der Waals surface area (Å²) in [6.45, 7) is 0.819. The zero-order valence-corrected chi connectivity index (χ0v) is 18.4. The molecule has 33 heavy (non-hydrogen) atoms. The van der Waals surface area contributed by atoms with E-state index in [4.69, 9.17) is 4.74 Å². The first-order valence-corrected chi connectivity index (χ1v) is 11.2. The Hall–Kier alpha value is -3.61. The molecule has 2 heterocycles. The number of carbonyl (C=O) groups is 4. The summed E-state index contributed by atoms with van der Waals surface area (Å²) in [6.07, 6.45) is 2.30. The van der Waals surface area contributed by atoms with Gasteiger partial charge in [-0.05, 0) is 37.7 Å². The first kappa shape index (κ1) is 24.0. The molecule has 4 amide bonds. The molecule has 3 N–H and O–H groups in total. The van der Waals surface area contributed by atoms with E-state index < -0.39 is 30.0 Å². The Morgan fingerprint density at radius 2 is 2.00 bits per heavy atom. The summed E-state index contributed by atoms with van der Waals surface area (Å²) in [7, 11) is 0. The van der Waals surface area contributed by atoms with Crippen molar-refractivity contribution in [3.8, 4) is 6.07 Å². The van der Waals surface area contributed by atoms with Crippen molar-refractivity contribution in [2.24, 2.45) is 5.92 Å². The Balaban J connectivity index is 1.43. The van der Waals surface area contributed by atoms with Crippen LogP contribution in [0.25, 0.3) is 0 Å². The summed E-state index contributed by atoms with van der Waals surface area (Å²) in [4.78, 5) is 50.5. The van der Waals surface area contributed by atoms with Crippen LogP contribution >= 0.6 is 0 Å². The first-order valence-electron chi connectivity index (χ1n) is 11.2. The molecule has 2 aliphatic rings. The molecule has 10 nitrogen and oxygen atoms in total. The third kappa shape index (κ3) is 6.94. The SMILES string of the molecule is N#C[C@H](C[C@@H]1CCCNC1=O)NC(=O)CNC(=O)C1CCCN1C(=O)OCc1ccccc1. The molecule has 1 unspecified atom stereocenters. The zero-order chi connectivity index (χ0) is 23.6. The Morgan fingerprint density at radius 3 is 2.73 bits per heavy atom. The Labute approximate surface area is 192 Å². The van der Waals surface area contributed by atoms with Crippen molar-refractivity contribution in [2.45, 2.75) is 50.8 Å². The second-order valence-electron chi connectivity index (χ2n) is 8.22. The highest BCUT2D eigenvalue weighted by atomic mass is 16.6. The summed E-state index contributed by atoms with van der Waals surface area (Å²) in [5, 5.41) is 17.2. The van der Waals surface area contributed by atoms with Crippen molar-refractivity contribution in [3.05, 3.63) is 35.9 Å². The van der Waals surface area contributed by atoms with Gasteiger partial charge in [0.2, 0.25) is 17.7 Å². The van der Waals surface area contributed by atoms with Gasteiger partial charge in [0.05, 0.1) is 12.6 Å². The van der Waals surface area contributed by atoms with Gasteiger partial charge in [-0.25, -0.2) is 4.79 Å². The average Bonchev–Trinajstić information content (AvgIpc) is 3.33. The molecule has 0 radical (unpaired) electrons. The Kier molecular flexibility index (Phi) is 8.63. The number of hydrogen-bond acceptors (Lipinski definition) is 6. The molecule has 1 aromatic rings. The molecule has 10 heteroatoms. The number of nitrogens with zero attached hydrogens (tertiary/aromatic N) is 2. The van der Waals surface area contributed by atoms with Gasteiger partial charge in [0.15, 0.2) is 0 Å². The quantitative estimate of drug-likeness (QED) is 0.530. The molecule has 0 saturated carbocycles. The van der Waals surface area contributed by atoms with E-state index in [1.54, 1.807) is 0 Å². The fraction of sp³-hybridized carbons (Fsp3) is 0.522. The largest absolute Gasteiger partial charge is 0.445 e. The van der Waals surface area contributed by atoms with Crippen molar-refractivity contribution >= 4 is 23.8 Å². The maximum absolute atomic E-state index is 12.6. The lowest BCUT2D eigenvalue weighted by atomic mass is 9.92. The standard InChI is InChI=1S/C23H29N5O5/c24-13-18(12-17-8-4-10-25-21(17)30)27-20(29)14-26-22(31)19-9-5-11-28(19)23(32)33-15-16-6-2-1-3-7-16/h1-3,6-7,17-19H,4-5,8-12,14-15H2,(H,25,30)(H,26,31)(H,27,29)/t17-,18-,19?/m0/s1. The predicted octanol–water partition coefficient (Wildman–Crippen LogP) is 0.828. The van der Waals surface area contributed by atoms with E-state index in [1.165, 1.54) is 4.90 Å². The lowest BCUT2D eigenvalue weighted by Crippen LogP contribution is -2.49. The highest BCUT2D eigenvalue weighted by Gasteiger charge is 2.35. The van der Waals surface area contributed by atoms with Gasteiger partial charge in [0.1, 0.15) is 18.7 Å². The number of carbonyl (C=O) groups excluding carboxylic acids is 4. The topological polar surface area (TPSA) is 141 Å². The van der Waals surface area contributed by atoms with E-state index in [0.29, 0.717) is 32.4 Å². The highest BCUT2D eigenvalue weighted by molar-refractivity contribution is 5.90. The van der Waals surface area contributed by atoms with Crippen molar-refractivity contribution < 1.29 is 23.9 Å². The third-order valence-corrected chi connectivity index (χ3v) is 5.83. The van der Waals surface area contributed by atoms with Crippen LogP contribution in [0.2, 0.25) is 0 Å². The molecule has 2 saturated heterocycles. The van der Waals surface area contributed by atoms with Gasteiger partial charge in [-0.15, -0.1) is 0 Å². The van der Waals surface area contributed by atoms with E-state index in [-0.39, 0.29) is 31.4 Å². The Bertz CT molecular complexity index is 900. The van der Waals surface area contributed by atoms with Crippen LogP contribution in [-0.2, 0) is 25.7 Å². The van der Waals surface area contributed by atoms with E-state index in [1.807, 2.05) is 36.4 Å². The monoisotopic (exact) mass is 455 g/mol. The number of benzene rings is 1. The van der Waals surface area contributed by atoms with Crippen molar-refractivity contribution in [3.63, 3.8) is 0 Å². The maximum atomic E-state index is 12.6. The number of amides is 4. The normalized spacial score (nSPS) is 20.8. The third-order valence-electron chi connectivity index (χ3n) is 5.83. The number of likely N-dealkylation sites (tertiary alicyclic amines) is 1. The molecule has 1 aromatic carbocycles. The van der Waals surface area contributed by atoms with Gasteiger partial charge in [0.25, 0.3) is 0 Å². The van der Waals surface area contributed by atoms with Crippen LogP contribution in [0.15, 0.2) is 30.3 Å². The predicted molar refractivity (Wildman–Crippen MR) is 117 cm³/mol. The van der Waals surface area contributed by atoms with Gasteiger partial charge in [0, 0.05) is 19.0 Å². The summed E-state index contributed by atoms with van der Waals surface area (Å²) in [5.74, 6) is -1.39. The van der Waals surface area contributed by atoms with Gasteiger partial charge < -0.3 is 20.7 Å². The molecule has 0 bridgehead atoms. The van der Waals surface area contributed by atoms with Crippen LogP contribution in [0.4, 0.5) is 4.79 Å². The second kappa shape index (κ2) is 11.9. The highest BCUT2D eigenvalue weighted by Crippen LogP contribution is 2.19. The number of nitrogens with one attached hydrogen (secondary N) is 3. The molecule has 2 aliphatic heterocycles. The molecule has 3 rings (SSSR count). The number of rotatable bonds is 8. The lowest BCUT2D eigenvalue weighted by Gasteiger charge is -2.24. The molecule has 0 aromatic heterocycles. The van der Waals surface area contributed by atoms with Gasteiger partial charge in [-0.2, -0.15) is 5.26 Å². The lowest BCUT2D eigenvalue weighted by molar-refractivity contribution is -0.129. The maximum Gasteiger partial charge on any atom is 0.410 e. The molecule has 0 spiro atoms. The minimum atomic E-state index is -0.820. The summed E-state index contributed by atoms with van der Waals surface area (Å²) >= 11 is 0. The van der Waals surface area contributed by atoms with Crippen LogP contribution < -0.4 is 16.0 Å². The van der Waals surface area contributed by atoms with E-state index >= 15 is 0 Å². The smallest absolute Gasteiger partial charge is 0.410 e. The van der Waals surface area contributed by atoms with Crippen LogP contribution in [0.1, 0.15) is 37.7 Å². The molecule has 176 valence electrons. The van der Waals surface area contributed by atoms with Crippen LogP contribution in [0.3, 0.4) is 0 Å². The number of piperidine rings is 1. The fourth-order valence-electron chi connectivity index (χ4n) is 4.08. The van der Waals surface area contributed by atoms with Gasteiger partial charge >= 0.3 is 6.09 Å². The minimum Gasteiger partial charge on any atom is -0.445 e. The Morgan fingerprint density at radius 1 is 1.21 bits per heavy atom. The van der Waals surface area contributed by atoms with Gasteiger partial charge in [-0.1, -0.05) is 30.3 Å². The van der Waals surface area contributed by atoms with Crippen LogP contribution in [0.5, 0.6) is 0 Å². The van der Waals surface area contributed by atoms with Crippen molar-refractivity contribution in [2.75, 3.05) is 19.6 Å². The van der Waals surface area contributed by atoms with Crippen molar-refractivity contribution in [1.82, 2.24) is 20.9 Å².